The Morgan fingerprint density at radius 1 is 1.32 bits per heavy atom. The van der Waals surface area contributed by atoms with E-state index in [9.17, 15) is 4.79 Å². The number of carbonyl (C=O) groups excluding carboxylic acids is 1. The van der Waals surface area contributed by atoms with E-state index < -0.39 is 5.41 Å². The Morgan fingerprint density at radius 3 is 2.64 bits per heavy atom. The standard InChI is InChI=1S/C21H29N3O/c1-7-10-24-12-15(5)18-17(24)11-14(4)19(23-18)21(6)9-8-16(13(2)3)22-20(21)25/h8,11-13H,7,9-10H2,1-6H3,(H,22,25). The van der Waals surface area contributed by atoms with Crippen LogP contribution in [0.3, 0.4) is 0 Å². The zero-order valence-corrected chi connectivity index (χ0v) is 16.2. The first kappa shape index (κ1) is 17.7. The lowest BCUT2D eigenvalue weighted by molar-refractivity contribution is -0.126. The summed E-state index contributed by atoms with van der Waals surface area (Å²) in [5, 5.41) is 3.10. The second kappa shape index (κ2) is 6.32. The van der Waals surface area contributed by atoms with Gasteiger partial charge in [-0.3, -0.25) is 4.79 Å². The number of fused-ring (bicyclic) bond motifs is 1. The second-order valence-corrected chi connectivity index (χ2v) is 7.83. The molecule has 4 nitrogen and oxygen atoms in total. The number of nitrogens with one attached hydrogen (secondary N) is 1. The van der Waals surface area contributed by atoms with Gasteiger partial charge in [-0.1, -0.05) is 26.8 Å². The van der Waals surface area contributed by atoms with Crippen molar-refractivity contribution in [2.75, 3.05) is 0 Å². The Bertz CT molecular complexity index is 860. The molecule has 0 aliphatic carbocycles. The molecule has 0 spiro atoms. The number of rotatable bonds is 4. The van der Waals surface area contributed by atoms with E-state index in [4.69, 9.17) is 4.98 Å². The van der Waals surface area contributed by atoms with Crippen LogP contribution in [0, 0.1) is 19.8 Å². The molecule has 1 aliphatic heterocycles. The van der Waals surface area contributed by atoms with Crippen LogP contribution < -0.4 is 5.32 Å². The van der Waals surface area contributed by atoms with Gasteiger partial charge in [-0.25, -0.2) is 4.98 Å². The molecule has 0 radical (unpaired) electrons. The molecule has 134 valence electrons. The Morgan fingerprint density at radius 2 is 2.04 bits per heavy atom. The Hall–Kier alpha value is -2.10. The van der Waals surface area contributed by atoms with E-state index >= 15 is 0 Å². The molecule has 1 N–H and O–H groups in total. The van der Waals surface area contributed by atoms with E-state index in [2.05, 4.69) is 62.8 Å². The zero-order chi connectivity index (χ0) is 18.4. The predicted molar refractivity (Wildman–Crippen MR) is 103 cm³/mol. The first-order chi connectivity index (χ1) is 11.8. The van der Waals surface area contributed by atoms with Gasteiger partial charge in [0, 0.05) is 18.4 Å². The van der Waals surface area contributed by atoms with Gasteiger partial charge in [-0.15, -0.1) is 0 Å². The van der Waals surface area contributed by atoms with E-state index in [0.29, 0.717) is 12.3 Å². The van der Waals surface area contributed by atoms with Gasteiger partial charge in [-0.2, -0.15) is 0 Å². The number of nitrogens with zero attached hydrogens (tertiary/aromatic N) is 2. The van der Waals surface area contributed by atoms with Crippen molar-refractivity contribution in [3.05, 3.63) is 40.9 Å². The molecule has 2 aromatic heterocycles. The average Bonchev–Trinajstić information content (AvgIpc) is 2.85. The maximum absolute atomic E-state index is 12.9. The second-order valence-electron chi connectivity index (χ2n) is 7.83. The SMILES string of the molecule is CCCn1cc(C)c2nc(C3(C)CC=C(C(C)C)NC3=O)c(C)cc21. The van der Waals surface area contributed by atoms with Gasteiger partial charge in [0.05, 0.1) is 22.1 Å². The quantitative estimate of drug-likeness (QED) is 0.898. The molecule has 0 saturated heterocycles. The molecule has 3 heterocycles. The minimum absolute atomic E-state index is 0.0549. The number of allylic oxidation sites excluding steroid dienone is 2. The monoisotopic (exact) mass is 339 g/mol. The lowest BCUT2D eigenvalue weighted by Crippen LogP contribution is -2.46. The van der Waals surface area contributed by atoms with Crippen molar-refractivity contribution in [3.8, 4) is 0 Å². The molecule has 0 fully saturated rings. The molecule has 1 aliphatic rings. The van der Waals surface area contributed by atoms with Gasteiger partial charge < -0.3 is 9.88 Å². The first-order valence-corrected chi connectivity index (χ1v) is 9.27. The molecule has 0 bridgehead atoms. The maximum Gasteiger partial charge on any atom is 0.236 e. The summed E-state index contributed by atoms with van der Waals surface area (Å²) < 4.78 is 2.27. The van der Waals surface area contributed by atoms with E-state index in [1.54, 1.807) is 0 Å². The Labute approximate surface area is 150 Å². The normalized spacial score (nSPS) is 20.9. The smallest absolute Gasteiger partial charge is 0.236 e. The van der Waals surface area contributed by atoms with Crippen molar-refractivity contribution in [1.82, 2.24) is 14.9 Å². The summed E-state index contributed by atoms with van der Waals surface area (Å²) in [5.74, 6) is 0.384. The molecule has 25 heavy (non-hydrogen) atoms. The molecule has 0 saturated carbocycles. The van der Waals surface area contributed by atoms with E-state index in [1.807, 2.05) is 6.92 Å². The molecule has 3 rings (SSSR count). The zero-order valence-electron chi connectivity index (χ0n) is 16.2. The average molecular weight is 339 g/mol. The van der Waals surface area contributed by atoms with Crippen molar-refractivity contribution in [3.63, 3.8) is 0 Å². The van der Waals surface area contributed by atoms with E-state index in [1.165, 1.54) is 11.1 Å². The van der Waals surface area contributed by atoms with Gasteiger partial charge >= 0.3 is 0 Å². The topological polar surface area (TPSA) is 46.9 Å². The fraction of sp³-hybridized carbons (Fsp3) is 0.524. The fourth-order valence-corrected chi connectivity index (χ4v) is 3.77. The highest BCUT2D eigenvalue weighted by Gasteiger charge is 2.40. The fourth-order valence-electron chi connectivity index (χ4n) is 3.77. The largest absolute Gasteiger partial charge is 0.346 e. The van der Waals surface area contributed by atoms with E-state index in [0.717, 1.165) is 35.4 Å². The molecular formula is C21H29N3O. The molecule has 4 heteroatoms. The van der Waals surface area contributed by atoms with Crippen LogP contribution in [-0.2, 0) is 16.8 Å². The third-order valence-corrected chi connectivity index (χ3v) is 5.32. The summed E-state index contributed by atoms with van der Waals surface area (Å²) in [5.41, 5.74) is 5.74. The first-order valence-electron chi connectivity index (χ1n) is 9.27. The lowest BCUT2D eigenvalue weighted by Gasteiger charge is -2.33. The minimum atomic E-state index is -0.615. The highest BCUT2D eigenvalue weighted by atomic mass is 16.2. The van der Waals surface area contributed by atoms with Crippen molar-refractivity contribution in [2.45, 2.75) is 66.3 Å². The Balaban J connectivity index is 2.11. The molecular weight excluding hydrogens is 310 g/mol. The molecule has 2 aromatic rings. The van der Waals surface area contributed by atoms with Crippen LogP contribution in [0.5, 0.6) is 0 Å². The number of hydrogen-bond donors (Lipinski definition) is 1. The number of aromatic nitrogens is 2. The van der Waals surface area contributed by atoms with Crippen molar-refractivity contribution < 1.29 is 4.79 Å². The number of carbonyl (C=O) groups is 1. The molecule has 0 aromatic carbocycles. The van der Waals surface area contributed by atoms with Crippen LogP contribution in [0.15, 0.2) is 24.0 Å². The van der Waals surface area contributed by atoms with Gasteiger partial charge in [0.1, 0.15) is 0 Å². The summed E-state index contributed by atoms with van der Waals surface area (Å²) in [6, 6.07) is 2.19. The van der Waals surface area contributed by atoms with Gasteiger partial charge in [0.25, 0.3) is 0 Å². The van der Waals surface area contributed by atoms with Crippen LogP contribution in [0.4, 0.5) is 0 Å². The molecule has 1 atom stereocenters. The molecule has 1 unspecified atom stereocenters. The maximum atomic E-state index is 12.9. The summed E-state index contributed by atoms with van der Waals surface area (Å²) in [7, 11) is 0. The third kappa shape index (κ3) is 2.88. The summed E-state index contributed by atoms with van der Waals surface area (Å²) in [6.07, 6.45) is 6.12. The minimum Gasteiger partial charge on any atom is -0.346 e. The predicted octanol–water partition coefficient (Wildman–Crippen LogP) is 4.38. The molecule has 1 amide bonds. The lowest BCUT2D eigenvalue weighted by atomic mass is 9.77. The van der Waals surface area contributed by atoms with Gasteiger partial charge in [-0.05, 0) is 56.7 Å². The third-order valence-electron chi connectivity index (χ3n) is 5.32. The van der Waals surface area contributed by atoms with Crippen LogP contribution in [0.25, 0.3) is 11.0 Å². The number of amides is 1. The van der Waals surface area contributed by atoms with Crippen LogP contribution in [0.2, 0.25) is 0 Å². The Kier molecular flexibility index (Phi) is 4.48. The van der Waals surface area contributed by atoms with Crippen molar-refractivity contribution >= 4 is 16.9 Å². The van der Waals surface area contributed by atoms with Crippen LogP contribution in [-0.4, -0.2) is 15.5 Å². The number of aryl methyl sites for hydroxylation is 3. The van der Waals surface area contributed by atoms with Crippen molar-refractivity contribution in [1.29, 1.82) is 0 Å². The van der Waals surface area contributed by atoms with Gasteiger partial charge in [0.2, 0.25) is 5.91 Å². The highest BCUT2D eigenvalue weighted by Crippen LogP contribution is 2.35. The summed E-state index contributed by atoms with van der Waals surface area (Å²) in [6.45, 7) is 13.6. The highest BCUT2D eigenvalue weighted by molar-refractivity contribution is 5.91. The van der Waals surface area contributed by atoms with Gasteiger partial charge in [0.15, 0.2) is 0 Å². The van der Waals surface area contributed by atoms with Crippen molar-refractivity contribution in [2.24, 2.45) is 5.92 Å². The number of hydrogen-bond acceptors (Lipinski definition) is 2. The van der Waals surface area contributed by atoms with Crippen LogP contribution >= 0.6 is 0 Å². The summed E-state index contributed by atoms with van der Waals surface area (Å²) in [4.78, 5) is 17.9. The summed E-state index contributed by atoms with van der Waals surface area (Å²) >= 11 is 0. The number of pyridine rings is 1. The van der Waals surface area contributed by atoms with Crippen LogP contribution in [0.1, 0.15) is 57.4 Å². The van der Waals surface area contributed by atoms with E-state index in [-0.39, 0.29) is 5.91 Å².